The first-order valence-corrected chi connectivity index (χ1v) is 7.52. The Morgan fingerprint density at radius 1 is 1.42 bits per heavy atom. The monoisotopic (exact) mass is 269 g/mol. The standard InChI is InChI=1S/C14H27N3O2/c1-12(2)10-17(11-13-4-3-5-15-13)14(18)16-6-8-19-9-7-16/h12-13,15H,3-11H2,1-2H3. The second-order valence-electron chi connectivity index (χ2n) is 5.97. The minimum absolute atomic E-state index is 0.186. The average Bonchev–Trinajstić information content (AvgIpc) is 2.90. The number of carbonyl (C=O) groups excluding carboxylic acids is 1. The predicted octanol–water partition coefficient (Wildman–Crippen LogP) is 1.15. The molecule has 5 heteroatoms. The van der Waals surface area contributed by atoms with Crippen LogP contribution in [0.1, 0.15) is 26.7 Å². The lowest BCUT2D eigenvalue weighted by Gasteiger charge is -2.35. The zero-order valence-electron chi connectivity index (χ0n) is 12.2. The molecule has 2 aliphatic rings. The van der Waals surface area contributed by atoms with Crippen molar-refractivity contribution in [1.29, 1.82) is 0 Å². The molecule has 1 unspecified atom stereocenters. The number of amides is 2. The largest absolute Gasteiger partial charge is 0.378 e. The quantitative estimate of drug-likeness (QED) is 0.832. The Bertz CT molecular complexity index is 284. The van der Waals surface area contributed by atoms with Gasteiger partial charge in [-0.25, -0.2) is 4.79 Å². The molecule has 2 amide bonds. The predicted molar refractivity (Wildman–Crippen MR) is 75.2 cm³/mol. The van der Waals surface area contributed by atoms with Gasteiger partial charge in [0.25, 0.3) is 0 Å². The van der Waals surface area contributed by atoms with Crippen molar-refractivity contribution in [3.05, 3.63) is 0 Å². The minimum atomic E-state index is 0.186. The molecule has 2 fully saturated rings. The molecule has 0 bridgehead atoms. The maximum absolute atomic E-state index is 12.6. The fourth-order valence-electron chi connectivity index (χ4n) is 2.80. The van der Waals surface area contributed by atoms with E-state index in [-0.39, 0.29) is 6.03 Å². The normalized spacial score (nSPS) is 23.9. The van der Waals surface area contributed by atoms with E-state index in [1.54, 1.807) is 0 Å². The molecule has 2 heterocycles. The third-order valence-corrected chi connectivity index (χ3v) is 3.74. The summed E-state index contributed by atoms with van der Waals surface area (Å²) in [5.41, 5.74) is 0. The summed E-state index contributed by atoms with van der Waals surface area (Å²) in [5, 5.41) is 3.48. The first-order valence-electron chi connectivity index (χ1n) is 7.52. The SMILES string of the molecule is CC(C)CN(CC1CCCN1)C(=O)N1CCOCC1. The molecule has 19 heavy (non-hydrogen) atoms. The fraction of sp³-hybridized carbons (Fsp3) is 0.929. The zero-order valence-corrected chi connectivity index (χ0v) is 12.2. The molecule has 0 aromatic rings. The molecule has 2 aliphatic heterocycles. The van der Waals surface area contributed by atoms with Gasteiger partial charge in [-0.2, -0.15) is 0 Å². The van der Waals surface area contributed by atoms with E-state index in [2.05, 4.69) is 19.2 Å². The van der Waals surface area contributed by atoms with Crippen LogP contribution in [0.2, 0.25) is 0 Å². The smallest absolute Gasteiger partial charge is 0.320 e. The Balaban J connectivity index is 1.92. The average molecular weight is 269 g/mol. The van der Waals surface area contributed by atoms with E-state index in [9.17, 15) is 4.79 Å². The molecule has 1 N–H and O–H groups in total. The maximum Gasteiger partial charge on any atom is 0.320 e. The third kappa shape index (κ3) is 4.35. The van der Waals surface area contributed by atoms with E-state index in [0.29, 0.717) is 25.2 Å². The highest BCUT2D eigenvalue weighted by Crippen LogP contribution is 2.12. The minimum Gasteiger partial charge on any atom is -0.378 e. The number of carbonyl (C=O) groups is 1. The summed E-state index contributed by atoms with van der Waals surface area (Å²) in [6, 6.07) is 0.662. The molecular weight excluding hydrogens is 242 g/mol. The lowest BCUT2D eigenvalue weighted by molar-refractivity contribution is 0.0416. The van der Waals surface area contributed by atoms with Crippen molar-refractivity contribution in [1.82, 2.24) is 15.1 Å². The molecule has 5 nitrogen and oxygen atoms in total. The Kier molecular flexibility index (Phi) is 5.45. The van der Waals surface area contributed by atoms with Gasteiger partial charge in [-0.1, -0.05) is 13.8 Å². The Morgan fingerprint density at radius 2 is 2.16 bits per heavy atom. The van der Waals surface area contributed by atoms with Crippen LogP contribution in [-0.4, -0.2) is 67.8 Å². The van der Waals surface area contributed by atoms with Crippen LogP contribution in [-0.2, 0) is 4.74 Å². The molecule has 0 radical (unpaired) electrons. The summed E-state index contributed by atoms with van der Waals surface area (Å²) >= 11 is 0. The highest BCUT2D eigenvalue weighted by molar-refractivity contribution is 5.74. The van der Waals surface area contributed by atoms with Gasteiger partial charge in [-0.05, 0) is 25.3 Å². The van der Waals surface area contributed by atoms with E-state index >= 15 is 0 Å². The van der Waals surface area contributed by atoms with Gasteiger partial charge in [-0.15, -0.1) is 0 Å². The molecule has 0 aromatic heterocycles. The van der Waals surface area contributed by atoms with Crippen molar-refractivity contribution in [2.24, 2.45) is 5.92 Å². The van der Waals surface area contributed by atoms with Crippen LogP contribution >= 0.6 is 0 Å². The van der Waals surface area contributed by atoms with Gasteiger partial charge in [0.05, 0.1) is 13.2 Å². The molecule has 0 aromatic carbocycles. The van der Waals surface area contributed by atoms with Gasteiger partial charge in [0, 0.05) is 32.2 Å². The van der Waals surface area contributed by atoms with E-state index < -0.39 is 0 Å². The Hall–Kier alpha value is -0.810. The molecule has 110 valence electrons. The van der Waals surface area contributed by atoms with Gasteiger partial charge in [0.15, 0.2) is 0 Å². The van der Waals surface area contributed by atoms with E-state index in [0.717, 1.165) is 32.7 Å². The van der Waals surface area contributed by atoms with E-state index in [4.69, 9.17) is 4.74 Å². The summed E-state index contributed by atoms with van der Waals surface area (Å²) in [4.78, 5) is 16.5. The van der Waals surface area contributed by atoms with Crippen LogP contribution < -0.4 is 5.32 Å². The van der Waals surface area contributed by atoms with Gasteiger partial charge in [0.1, 0.15) is 0 Å². The topological polar surface area (TPSA) is 44.8 Å². The lowest BCUT2D eigenvalue weighted by atomic mass is 10.1. The summed E-state index contributed by atoms with van der Waals surface area (Å²) in [6.07, 6.45) is 2.41. The van der Waals surface area contributed by atoms with E-state index in [1.807, 2.05) is 9.80 Å². The van der Waals surface area contributed by atoms with Crippen molar-refractivity contribution in [3.8, 4) is 0 Å². The number of urea groups is 1. The highest BCUT2D eigenvalue weighted by Gasteiger charge is 2.26. The summed E-state index contributed by atoms with van der Waals surface area (Å²) < 4.78 is 5.32. The van der Waals surface area contributed by atoms with Gasteiger partial charge in [-0.3, -0.25) is 0 Å². The number of nitrogens with zero attached hydrogens (tertiary/aromatic N) is 2. The van der Waals surface area contributed by atoms with Crippen molar-refractivity contribution in [3.63, 3.8) is 0 Å². The summed E-state index contributed by atoms with van der Waals surface area (Å²) in [5.74, 6) is 0.506. The van der Waals surface area contributed by atoms with Crippen LogP contribution in [0.25, 0.3) is 0 Å². The van der Waals surface area contributed by atoms with Gasteiger partial charge >= 0.3 is 6.03 Å². The summed E-state index contributed by atoms with van der Waals surface area (Å²) in [7, 11) is 0. The molecule has 0 saturated carbocycles. The van der Waals surface area contributed by atoms with Crippen LogP contribution in [0.3, 0.4) is 0 Å². The number of morpholine rings is 1. The summed E-state index contributed by atoms with van der Waals surface area (Å²) in [6.45, 7) is 9.90. The van der Waals surface area contributed by atoms with Crippen molar-refractivity contribution >= 4 is 6.03 Å². The number of hydrogen-bond acceptors (Lipinski definition) is 3. The maximum atomic E-state index is 12.6. The molecule has 2 rings (SSSR count). The Labute approximate surface area is 116 Å². The number of rotatable bonds is 4. The first-order chi connectivity index (χ1) is 9.16. The van der Waals surface area contributed by atoms with Crippen LogP contribution in [0.5, 0.6) is 0 Å². The van der Waals surface area contributed by atoms with Crippen LogP contribution in [0.4, 0.5) is 4.79 Å². The zero-order chi connectivity index (χ0) is 13.7. The second-order valence-corrected chi connectivity index (χ2v) is 5.97. The van der Waals surface area contributed by atoms with Crippen molar-refractivity contribution < 1.29 is 9.53 Å². The van der Waals surface area contributed by atoms with Crippen molar-refractivity contribution in [2.45, 2.75) is 32.7 Å². The van der Waals surface area contributed by atoms with E-state index in [1.165, 1.54) is 12.8 Å². The van der Waals surface area contributed by atoms with Gasteiger partial charge < -0.3 is 19.9 Å². The molecular formula is C14H27N3O2. The molecule has 1 atom stereocenters. The van der Waals surface area contributed by atoms with Crippen LogP contribution in [0.15, 0.2) is 0 Å². The Morgan fingerprint density at radius 3 is 2.74 bits per heavy atom. The molecule has 0 aliphatic carbocycles. The van der Waals surface area contributed by atoms with Gasteiger partial charge in [0.2, 0.25) is 0 Å². The first kappa shape index (κ1) is 14.6. The molecule has 2 saturated heterocycles. The second kappa shape index (κ2) is 7.10. The fourth-order valence-corrected chi connectivity index (χ4v) is 2.80. The third-order valence-electron chi connectivity index (χ3n) is 3.74. The lowest BCUT2D eigenvalue weighted by Crippen LogP contribution is -2.51. The molecule has 0 spiro atoms. The number of hydrogen-bond donors (Lipinski definition) is 1. The number of ether oxygens (including phenoxy) is 1. The van der Waals surface area contributed by atoms with Crippen molar-refractivity contribution in [2.75, 3.05) is 45.9 Å². The highest BCUT2D eigenvalue weighted by atomic mass is 16.5. The van der Waals surface area contributed by atoms with Crippen LogP contribution in [0, 0.1) is 5.92 Å². The number of nitrogens with one attached hydrogen (secondary N) is 1.